The van der Waals surface area contributed by atoms with E-state index in [0.29, 0.717) is 23.6 Å². The van der Waals surface area contributed by atoms with E-state index in [1.165, 1.54) is 6.92 Å². The number of benzene rings is 1. The molecule has 0 N–H and O–H groups in total. The van der Waals surface area contributed by atoms with Gasteiger partial charge < -0.3 is 4.90 Å². The summed E-state index contributed by atoms with van der Waals surface area (Å²) in [7, 11) is 0. The normalized spacial score (nSPS) is 10.2. The highest BCUT2D eigenvalue weighted by Crippen LogP contribution is 2.25. The van der Waals surface area contributed by atoms with Gasteiger partial charge in [-0.15, -0.1) is 0 Å². The number of halogens is 1. The lowest BCUT2D eigenvalue weighted by atomic mass is 10.1. The molecule has 0 unspecified atom stereocenters. The Balaban J connectivity index is 3.03. The predicted octanol–water partition coefficient (Wildman–Crippen LogP) is 3.67. The molecule has 0 saturated heterocycles. The molecule has 0 aliphatic heterocycles. The zero-order valence-corrected chi connectivity index (χ0v) is 11.7. The summed E-state index contributed by atoms with van der Waals surface area (Å²) in [6, 6.07) is 7.81. The first kappa shape index (κ1) is 14.5. The fraction of sp³-hybridized carbons (Fsp3) is 0.429. The molecular formula is C14H17ClN2O. The van der Waals surface area contributed by atoms with E-state index in [2.05, 4.69) is 24.8 Å². The fourth-order valence-electron chi connectivity index (χ4n) is 1.82. The maximum absolute atomic E-state index is 11.3. The van der Waals surface area contributed by atoms with Crippen LogP contribution in [-0.2, 0) is 0 Å². The number of hydrogen-bond acceptors (Lipinski definition) is 3. The van der Waals surface area contributed by atoms with Crippen LogP contribution in [0.1, 0.15) is 37.6 Å². The van der Waals surface area contributed by atoms with Crippen LogP contribution in [0, 0.1) is 11.3 Å². The number of anilines is 1. The molecule has 0 aromatic heterocycles. The van der Waals surface area contributed by atoms with Crippen molar-refractivity contribution >= 4 is 23.1 Å². The van der Waals surface area contributed by atoms with E-state index in [0.717, 1.165) is 5.69 Å². The Bertz CT molecular complexity index is 477. The topological polar surface area (TPSA) is 44.1 Å². The van der Waals surface area contributed by atoms with Crippen molar-refractivity contribution in [2.45, 2.75) is 33.2 Å². The molecule has 0 radical (unpaired) electrons. The molecule has 1 aromatic rings. The van der Waals surface area contributed by atoms with Gasteiger partial charge in [-0.3, -0.25) is 4.79 Å². The van der Waals surface area contributed by atoms with Crippen LogP contribution in [0.25, 0.3) is 0 Å². The lowest BCUT2D eigenvalue weighted by Crippen LogP contribution is -2.31. The summed E-state index contributed by atoms with van der Waals surface area (Å²) in [5.74, 6) is -0.0420. The van der Waals surface area contributed by atoms with Crippen molar-refractivity contribution in [2.75, 3.05) is 11.4 Å². The molecule has 0 atom stereocenters. The first-order valence-corrected chi connectivity index (χ1v) is 6.29. The molecule has 0 spiro atoms. The summed E-state index contributed by atoms with van der Waals surface area (Å²) in [6.07, 6.45) is 0.463. The van der Waals surface area contributed by atoms with E-state index < -0.39 is 0 Å². The number of nitrogens with zero attached hydrogens (tertiary/aromatic N) is 2. The largest absolute Gasteiger partial charge is 0.368 e. The second kappa shape index (κ2) is 6.42. The summed E-state index contributed by atoms with van der Waals surface area (Å²) in [6.45, 7) is 6.27. The van der Waals surface area contributed by atoms with Crippen LogP contribution in [0.3, 0.4) is 0 Å². The number of hydrogen-bond donors (Lipinski definition) is 0. The minimum absolute atomic E-state index is 0.0420. The monoisotopic (exact) mass is 264 g/mol. The minimum atomic E-state index is -0.0420. The fourth-order valence-corrected chi connectivity index (χ4v) is 2.13. The maximum Gasteiger partial charge on any atom is 0.161 e. The first-order chi connectivity index (χ1) is 8.47. The van der Waals surface area contributed by atoms with E-state index >= 15 is 0 Å². The van der Waals surface area contributed by atoms with Crippen LogP contribution >= 0.6 is 11.6 Å². The molecule has 0 fully saturated rings. The number of carbonyl (C=O) groups is 1. The average molecular weight is 265 g/mol. The summed E-state index contributed by atoms with van der Waals surface area (Å²) in [5, 5.41) is 9.13. The minimum Gasteiger partial charge on any atom is -0.368 e. The first-order valence-electron chi connectivity index (χ1n) is 5.91. The quantitative estimate of drug-likeness (QED) is 0.762. The predicted molar refractivity (Wildman–Crippen MR) is 74.2 cm³/mol. The molecule has 4 heteroatoms. The van der Waals surface area contributed by atoms with Gasteiger partial charge in [-0.05, 0) is 39.0 Å². The molecule has 18 heavy (non-hydrogen) atoms. The average Bonchev–Trinajstić information content (AvgIpc) is 2.28. The van der Waals surface area contributed by atoms with Gasteiger partial charge in [-0.25, -0.2) is 0 Å². The van der Waals surface area contributed by atoms with Crippen molar-refractivity contribution in [2.24, 2.45) is 0 Å². The van der Waals surface area contributed by atoms with E-state index in [-0.39, 0.29) is 11.8 Å². The zero-order valence-electron chi connectivity index (χ0n) is 10.9. The summed E-state index contributed by atoms with van der Waals surface area (Å²) < 4.78 is 0. The highest BCUT2D eigenvalue weighted by molar-refractivity contribution is 6.34. The second-order valence-electron chi connectivity index (χ2n) is 4.42. The lowest BCUT2D eigenvalue weighted by Gasteiger charge is -2.28. The maximum atomic E-state index is 11.3. The molecule has 0 aliphatic carbocycles. The van der Waals surface area contributed by atoms with Gasteiger partial charge in [0.15, 0.2) is 5.78 Å². The molecular weight excluding hydrogens is 248 g/mol. The number of Topliss-reactive ketones (excluding diaryl/α,β-unsaturated/α-hetero) is 1. The summed E-state index contributed by atoms with van der Waals surface area (Å²) >= 11 is 6.09. The Morgan fingerprint density at radius 3 is 2.61 bits per heavy atom. The molecule has 3 nitrogen and oxygen atoms in total. The third kappa shape index (κ3) is 3.48. The van der Waals surface area contributed by atoms with Gasteiger partial charge in [0.05, 0.1) is 17.5 Å². The van der Waals surface area contributed by atoms with Crippen molar-refractivity contribution < 1.29 is 4.79 Å². The molecule has 1 rings (SSSR count). The number of carbonyl (C=O) groups excluding carboxylic acids is 1. The Labute approximate surface area is 113 Å². The standard InChI is InChI=1S/C14H17ClN2O/c1-10(2)17(8-4-7-16)12-5-6-13(11(3)18)14(15)9-12/h5-6,9-10H,4,8H2,1-3H3. The van der Waals surface area contributed by atoms with Gasteiger partial charge in [0, 0.05) is 23.8 Å². The van der Waals surface area contributed by atoms with E-state index in [4.69, 9.17) is 16.9 Å². The van der Waals surface area contributed by atoms with Crippen LogP contribution in [-0.4, -0.2) is 18.4 Å². The number of nitriles is 1. The SMILES string of the molecule is CC(=O)c1ccc(N(CCC#N)C(C)C)cc1Cl. The van der Waals surface area contributed by atoms with E-state index in [9.17, 15) is 4.79 Å². The highest BCUT2D eigenvalue weighted by atomic mass is 35.5. The molecule has 0 bridgehead atoms. The number of ketones is 1. The van der Waals surface area contributed by atoms with E-state index in [1.807, 2.05) is 6.07 Å². The second-order valence-corrected chi connectivity index (χ2v) is 4.82. The zero-order chi connectivity index (χ0) is 13.7. The molecule has 0 saturated carbocycles. The van der Waals surface area contributed by atoms with Gasteiger partial charge in [-0.2, -0.15) is 5.26 Å². The third-order valence-electron chi connectivity index (χ3n) is 2.75. The van der Waals surface area contributed by atoms with Gasteiger partial charge in [0.25, 0.3) is 0 Å². The molecule has 0 amide bonds. The molecule has 0 heterocycles. The summed E-state index contributed by atoms with van der Waals surface area (Å²) in [5.41, 5.74) is 1.47. The van der Waals surface area contributed by atoms with Gasteiger partial charge >= 0.3 is 0 Å². The summed E-state index contributed by atoms with van der Waals surface area (Å²) in [4.78, 5) is 13.4. The Hall–Kier alpha value is -1.53. The Morgan fingerprint density at radius 1 is 1.50 bits per heavy atom. The van der Waals surface area contributed by atoms with Crippen molar-refractivity contribution in [1.82, 2.24) is 0 Å². The van der Waals surface area contributed by atoms with Gasteiger partial charge in [-0.1, -0.05) is 11.6 Å². The third-order valence-corrected chi connectivity index (χ3v) is 3.06. The highest BCUT2D eigenvalue weighted by Gasteiger charge is 2.13. The molecule has 96 valence electrons. The van der Waals surface area contributed by atoms with Crippen LogP contribution in [0.4, 0.5) is 5.69 Å². The molecule has 1 aromatic carbocycles. The van der Waals surface area contributed by atoms with Gasteiger partial charge in [0.2, 0.25) is 0 Å². The Kier molecular flexibility index (Phi) is 5.18. The molecule has 0 aliphatic rings. The lowest BCUT2D eigenvalue weighted by molar-refractivity contribution is 0.101. The van der Waals surface area contributed by atoms with Crippen LogP contribution < -0.4 is 4.90 Å². The van der Waals surface area contributed by atoms with E-state index in [1.54, 1.807) is 12.1 Å². The van der Waals surface area contributed by atoms with Crippen LogP contribution in [0.2, 0.25) is 5.02 Å². The van der Waals surface area contributed by atoms with Crippen molar-refractivity contribution in [3.05, 3.63) is 28.8 Å². The van der Waals surface area contributed by atoms with Gasteiger partial charge in [0.1, 0.15) is 0 Å². The number of rotatable bonds is 5. The van der Waals surface area contributed by atoms with Crippen molar-refractivity contribution in [3.8, 4) is 6.07 Å². The van der Waals surface area contributed by atoms with Crippen molar-refractivity contribution in [1.29, 1.82) is 5.26 Å². The van der Waals surface area contributed by atoms with Crippen LogP contribution in [0.5, 0.6) is 0 Å². The van der Waals surface area contributed by atoms with Crippen LogP contribution in [0.15, 0.2) is 18.2 Å². The Morgan fingerprint density at radius 2 is 2.17 bits per heavy atom. The smallest absolute Gasteiger partial charge is 0.161 e. The van der Waals surface area contributed by atoms with Crippen molar-refractivity contribution in [3.63, 3.8) is 0 Å².